The minimum absolute atomic E-state index is 0.949. The van der Waals surface area contributed by atoms with Gasteiger partial charge in [0.05, 0.1) is 0 Å². The summed E-state index contributed by atoms with van der Waals surface area (Å²) in [5.74, 6) is 1.23. The highest BCUT2D eigenvalue weighted by Crippen LogP contribution is 2.26. The van der Waals surface area contributed by atoms with E-state index in [1.54, 1.807) is 6.33 Å². The maximum absolute atomic E-state index is 4.33. The first-order valence-corrected chi connectivity index (χ1v) is 5.82. The van der Waals surface area contributed by atoms with Gasteiger partial charge in [-0.3, -0.25) is 0 Å². The first kappa shape index (κ1) is 9.63. The Bertz CT molecular complexity index is 523. The maximum atomic E-state index is 4.33. The summed E-state index contributed by atoms with van der Waals surface area (Å²) in [6.07, 6.45) is 4.20. The summed E-state index contributed by atoms with van der Waals surface area (Å²) in [5.41, 5.74) is 3.56. The van der Waals surface area contributed by atoms with Crippen molar-refractivity contribution in [1.82, 2.24) is 14.6 Å². The highest BCUT2D eigenvalue weighted by Gasteiger charge is 2.19. The van der Waals surface area contributed by atoms with Crippen LogP contribution in [0.5, 0.6) is 0 Å². The van der Waals surface area contributed by atoms with Gasteiger partial charge in [-0.1, -0.05) is 0 Å². The number of rotatable bonds is 1. The van der Waals surface area contributed by atoms with Gasteiger partial charge in [0, 0.05) is 13.1 Å². The van der Waals surface area contributed by atoms with E-state index in [0.29, 0.717) is 0 Å². The number of anilines is 1. The third-order valence-electron chi connectivity index (χ3n) is 3.45. The molecule has 84 valence electrons. The number of nitrogens with zero attached hydrogens (tertiary/aromatic N) is 4. The fourth-order valence-corrected chi connectivity index (χ4v) is 2.45. The van der Waals surface area contributed by atoms with Crippen LogP contribution in [0.2, 0.25) is 0 Å². The second-order valence-electron chi connectivity index (χ2n) is 4.50. The molecule has 1 aliphatic heterocycles. The van der Waals surface area contributed by atoms with E-state index in [4.69, 9.17) is 0 Å². The van der Waals surface area contributed by atoms with Crippen LogP contribution in [0, 0.1) is 13.8 Å². The summed E-state index contributed by atoms with van der Waals surface area (Å²) >= 11 is 0. The fraction of sp³-hybridized carbons (Fsp3) is 0.500. The Balaban J connectivity index is 2.26. The monoisotopic (exact) mass is 216 g/mol. The first-order valence-electron chi connectivity index (χ1n) is 5.82. The lowest BCUT2D eigenvalue weighted by molar-refractivity contribution is 0.850. The molecule has 1 aliphatic rings. The SMILES string of the molecule is Cc1cc2ncnn2c(N2CCCC2)c1C. The fourth-order valence-electron chi connectivity index (χ4n) is 2.45. The van der Waals surface area contributed by atoms with E-state index in [0.717, 1.165) is 18.7 Å². The van der Waals surface area contributed by atoms with Gasteiger partial charge in [-0.05, 0) is 43.9 Å². The van der Waals surface area contributed by atoms with Gasteiger partial charge < -0.3 is 4.90 Å². The molecule has 0 radical (unpaired) electrons. The normalized spacial score (nSPS) is 16.2. The van der Waals surface area contributed by atoms with Crippen molar-refractivity contribution < 1.29 is 0 Å². The lowest BCUT2D eigenvalue weighted by atomic mass is 10.1. The molecule has 3 rings (SSSR count). The average Bonchev–Trinajstić information content (AvgIpc) is 2.89. The molecule has 0 amide bonds. The van der Waals surface area contributed by atoms with E-state index < -0.39 is 0 Å². The molecule has 3 heterocycles. The van der Waals surface area contributed by atoms with Crippen LogP contribution in [0.25, 0.3) is 5.65 Å². The predicted molar refractivity (Wildman–Crippen MR) is 63.9 cm³/mol. The van der Waals surface area contributed by atoms with Crippen LogP contribution in [-0.2, 0) is 0 Å². The molecule has 4 nitrogen and oxygen atoms in total. The highest BCUT2D eigenvalue weighted by molar-refractivity contribution is 5.59. The smallest absolute Gasteiger partial charge is 0.157 e. The molecular formula is C12H16N4. The highest BCUT2D eigenvalue weighted by atomic mass is 15.4. The van der Waals surface area contributed by atoms with Crippen molar-refractivity contribution in [3.8, 4) is 0 Å². The zero-order valence-electron chi connectivity index (χ0n) is 9.77. The molecule has 1 saturated heterocycles. The molecule has 0 aliphatic carbocycles. The quantitative estimate of drug-likeness (QED) is 0.730. The van der Waals surface area contributed by atoms with Gasteiger partial charge in [-0.15, -0.1) is 0 Å². The molecule has 2 aromatic heterocycles. The number of hydrogen-bond donors (Lipinski definition) is 0. The Kier molecular flexibility index (Phi) is 2.09. The molecule has 1 fully saturated rings. The first-order chi connectivity index (χ1) is 7.77. The second kappa shape index (κ2) is 3.47. The van der Waals surface area contributed by atoms with Crippen molar-refractivity contribution in [2.75, 3.05) is 18.0 Å². The summed E-state index contributed by atoms with van der Waals surface area (Å²) in [6.45, 7) is 6.59. The van der Waals surface area contributed by atoms with Gasteiger partial charge in [0.1, 0.15) is 12.1 Å². The minimum Gasteiger partial charge on any atom is -0.356 e. The van der Waals surface area contributed by atoms with E-state index in [1.807, 2.05) is 4.52 Å². The Morgan fingerprint density at radius 1 is 1.19 bits per heavy atom. The molecule has 0 N–H and O–H groups in total. The molecule has 0 spiro atoms. The standard InChI is InChI=1S/C12H16N4/c1-9-7-11-13-8-14-16(11)12(10(9)2)15-5-3-4-6-15/h7-8H,3-6H2,1-2H3. The van der Waals surface area contributed by atoms with Crippen LogP contribution in [0.4, 0.5) is 5.82 Å². The Hall–Kier alpha value is -1.58. The maximum Gasteiger partial charge on any atom is 0.157 e. The van der Waals surface area contributed by atoms with E-state index in [1.165, 1.54) is 29.8 Å². The van der Waals surface area contributed by atoms with Gasteiger partial charge >= 0.3 is 0 Å². The van der Waals surface area contributed by atoms with E-state index >= 15 is 0 Å². The summed E-state index contributed by atoms with van der Waals surface area (Å²) < 4.78 is 1.97. The zero-order valence-corrected chi connectivity index (χ0v) is 9.77. The van der Waals surface area contributed by atoms with Crippen molar-refractivity contribution in [3.05, 3.63) is 23.5 Å². The second-order valence-corrected chi connectivity index (χ2v) is 4.50. The van der Waals surface area contributed by atoms with Gasteiger partial charge in [0.2, 0.25) is 0 Å². The van der Waals surface area contributed by atoms with E-state index in [2.05, 4.69) is 34.9 Å². The molecule has 0 saturated carbocycles. The lowest BCUT2D eigenvalue weighted by Crippen LogP contribution is -2.22. The van der Waals surface area contributed by atoms with Crippen LogP contribution in [-0.4, -0.2) is 27.7 Å². The molecule has 0 unspecified atom stereocenters. The summed E-state index contributed by atoms with van der Waals surface area (Å²) in [4.78, 5) is 6.70. The number of pyridine rings is 1. The van der Waals surface area contributed by atoms with Crippen LogP contribution < -0.4 is 4.90 Å². The van der Waals surface area contributed by atoms with Crippen LogP contribution in [0.1, 0.15) is 24.0 Å². The van der Waals surface area contributed by atoms with E-state index in [9.17, 15) is 0 Å². The van der Waals surface area contributed by atoms with Crippen molar-refractivity contribution in [2.45, 2.75) is 26.7 Å². The summed E-state index contributed by atoms with van der Waals surface area (Å²) in [6, 6.07) is 2.10. The van der Waals surface area contributed by atoms with E-state index in [-0.39, 0.29) is 0 Å². The van der Waals surface area contributed by atoms with Crippen LogP contribution in [0.15, 0.2) is 12.4 Å². The molecule has 0 atom stereocenters. The van der Waals surface area contributed by atoms with Gasteiger partial charge in [-0.25, -0.2) is 4.98 Å². The molecule has 0 bridgehead atoms. The number of aromatic nitrogens is 3. The third-order valence-corrected chi connectivity index (χ3v) is 3.45. The zero-order chi connectivity index (χ0) is 11.1. The van der Waals surface area contributed by atoms with Crippen molar-refractivity contribution in [3.63, 3.8) is 0 Å². The number of fused-ring (bicyclic) bond motifs is 1. The van der Waals surface area contributed by atoms with Gasteiger partial charge in [0.15, 0.2) is 5.65 Å². The van der Waals surface area contributed by atoms with Gasteiger partial charge in [0.25, 0.3) is 0 Å². The number of aryl methyl sites for hydroxylation is 1. The predicted octanol–water partition coefficient (Wildman–Crippen LogP) is 1.95. The lowest BCUT2D eigenvalue weighted by Gasteiger charge is -2.21. The van der Waals surface area contributed by atoms with Gasteiger partial charge in [-0.2, -0.15) is 9.61 Å². The van der Waals surface area contributed by atoms with Crippen LogP contribution in [0.3, 0.4) is 0 Å². The Morgan fingerprint density at radius 2 is 1.94 bits per heavy atom. The average molecular weight is 216 g/mol. The van der Waals surface area contributed by atoms with Crippen LogP contribution >= 0.6 is 0 Å². The minimum atomic E-state index is 0.949. The molecule has 16 heavy (non-hydrogen) atoms. The molecule has 0 aromatic carbocycles. The number of hydrogen-bond acceptors (Lipinski definition) is 3. The van der Waals surface area contributed by atoms with Crippen molar-refractivity contribution >= 4 is 11.5 Å². The van der Waals surface area contributed by atoms with Crippen molar-refractivity contribution in [2.24, 2.45) is 0 Å². The van der Waals surface area contributed by atoms with Crippen molar-refractivity contribution in [1.29, 1.82) is 0 Å². The Labute approximate surface area is 94.9 Å². The molecule has 2 aromatic rings. The Morgan fingerprint density at radius 3 is 2.69 bits per heavy atom. The summed E-state index contributed by atoms with van der Waals surface area (Å²) in [7, 11) is 0. The third kappa shape index (κ3) is 1.29. The summed E-state index contributed by atoms with van der Waals surface area (Å²) in [5, 5.41) is 4.33. The topological polar surface area (TPSA) is 33.4 Å². The molecule has 4 heteroatoms. The molecular weight excluding hydrogens is 200 g/mol. The largest absolute Gasteiger partial charge is 0.356 e.